The van der Waals surface area contributed by atoms with Gasteiger partial charge in [0.1, 0.15) is 6.04 Å². The number of carbonyl (C=O) groups excluding carboxylic acids is 2. The normalized spacial score (nSPS) is 11.5. The van der Waals surface area contributed by atoms with Gasteiger partial charge in [-0.2, -0.15) is 0 Å². The van der Waals surface area contributed by atoms with E-state index in [2.05, 4.69) is 10.6 Å². The molecule has 0 radical (unpaired) electrons. The molecule has 0 fully saturated rings. The minimum absolute atomic E-state index is 0.0102. The van der Waals surface area contributed by atoms with Crippen molar-refractivity contribution in [3.63, 3.8) is 0 Å². The molecule has 2 rings (SSSR count). The summed E-state index contributed by atoms with van der Waals surface area (Å²) in [6, 6.07) is 11.9. The molecule has 26 heavy (non-hydrogen) atoms. The monoisotopic (exact) mass is 394 g/mol. The predicted octanol–water partition coefficient (Wildman–Crippen LogP) is 2.54. The van der Waals surface area contributed by atoms with E-state index in [-0.39, 0.29) is 13.0 Å². The highest BCUT2D eigenvalue weighted by Crippen LogP contribution is 2.22. The van der Waals surface area contributed by atoms with E-state index in [0.717, 1.165) is 0 Å². The van der Waals surface area contributed by atoms with Crippen molar-refractivity contribution in [3.8, 4) is 0 Å². The van der Waals surface area contributed by atoms with Gasteiger partial charge < -0.3 is 15.7 Å². The van der Waals surface area contributed by atoms with Gasteiger partial charge in [0.25, 0.3) is 5.91 Å². The molecule has 1 atom stereocenters. The molecule has 0 saturated heterocycles. The van der Waals surface area contributed by atoms with E-state index in [1.807, 2.05) is 0 Å². The molecule has 2 aromatic rings. The van der Waals surface area contributed by atoms with E-state index in [1.165, 1.54) is 6.07 Å². The average Bonchev–Trinajstić information content (AvgIpc) is 2.61. The molecule has 0 heterocycles. The van der Waals surface area contributed by atoms with E-state index in [9.17, 15) is 19.5 Å². The van der Waals surface area contributed by atoms with E-state index in [4.69, 9.17) is 23.2 Å². The summed E-state index contributed by atoms with van der Waals surface area (Å²) in [4.78, 5) is 35.3. The van der Waals surface area contributed by atoms with Crippen molar-refractivity contribution in [2.24, 2.45) is 0 Å². The van der Waals surface area contributed by atoms with Gasteiger partial charge >= 0.3 is 5.97 Å². The largest absolute Gasteiger partial charge is 0.480 e. The molecule has 2 amide bonds. The molecular formula is C18H16Cl2N2O4. The zero-order valence-corrected chi connectivity index (χ0v) is 15.1. The summed E-state index contributed by atoms with van der Waals surface area (Å²) in [6.07, 6.45) is -0.0102. The van der Waals surface area contributed by atoms with E-state index in [1.54, 1.807) is 42.5 Å². The zero-order chi connectivity index (χ0) is 19.1. The van der Waals surface area contributed by atoms with Crippen molar-refractivity contribution >= 4 is 41.0 Å². The Labute approximate surface area is 160 Å². The van der Waals surface area contributed by atoms with E-state index >= 15 is 0 Å². The minimum atomic E-state index is -1.21. The standard InChI is InChI=1S/C18H16Cl2N2O4/c19-13-7-6-12(14(20)9-13)8-15(18(25)26)22-16(23)10-21-17(24)11-4-2-1-3-5-11/h1-7,9,15H,8,10H2,(H,21,24)(H,22,23)(H,25,26)/t15-/m1/s1. The van der Waals surface area contributed by atoms with Crippen molar-refractivity contribution < 1.29 is 19.5 Å². The number of aliphatic carboxylic acids is 1. The van der Waals surface area contributed by atoms with Crippen LogP contribution in [-0.2, 0) is 16.0 Å². The highest BCUT2D eigenvalue weighted by atomic mass is 35.5. The molecule has 3 N–H and O–H groups in total. The van der Waals surface area contributed by atoms with Crippen molar-refractivity contribution in [2.75, 3.05) is 6.54 Å². The lowest BCUT2D eigenvalue weighted by Crippen LogP contribution is -2.46. The number of rotatable bonds is 7. The van der Waals surface area contributed by atoms with Crippen molar-refractivity contribution in [2.45, 2.75) is 12.5 Å². The van der Waals surface area contributed by atoms with Gasteiger partial charge in [-0.05, 0) is 29.8 Å². The molecule has 136 valence electrons. The molecule has 0 aliphatic carbocycles. The molecule has 0 saturated carbocycles. The summed E-state index contributed by atoms with van der Waals surface area (Å²) in [5.74, 6) is -2.25. The van der Waals surface area contributed by atoms with Crippen molar-refractivity contribution in [1.82, 2.24) is 10.6 Å². The summed E-state index contributed by atoms with van der Waals surface area (Å²) in [5, 5.41) is 14.9. The topological polar surface area (TPSA) is 95.5 Å². The zero-order valence-electron chi connectivity index (χ0n) is 13.5. The molecule has 0 bridgehead atoms. The summed E-state index contributed by atoms with van der Waals surface area (Å²) < 4.78 is 0. The van der Waals surface area contributed by atoms with Crippen LogP contribution in [0.1, 0.15) is 15.9 Å². The lowest BCUT2D eigenvalue weighted by Gasteiger charge is -2.16. The Balaban J connectivity index is 1.93. The van der Waals surface area contributed by atoms with Gasteiger partial charge in [0.15, 0.2) is 0 Å². The van der Waals surface area contributed by atoms with Crippen LogP contribution >= 0.6 is 23.2 Å². The molecular weight excluding hydrogens is 379 g/mol. The molecule has 0 unspecified atom stereocenters. The van der Waals surface area contributed by atoms with Gasteiger partial charge in [0.05, 0.1) is 6.54 Å². The molecule has 6 nitrogen and oxygen atoms in total. The third kappa shape index (κ3) is 5.75. The molecule has 0 aliphatic heterocycles. The Bertz CT molecular complexity index is 812. The van der Waals surface area contributed by atoms with Crippen LogP contribution in [0.15, 0.2) is 48.5 Å². The molecule has 2 aromatic carbocycles. The SMILES string of the molecule is O=C(CNC(=O)c1ccccc1)N[C@H](Cc1ccc(Cl)cc1Cl)C(=O)O. The van der Waals surface area contributed by atoms with Gasteiger partial charge in [-0.3, -0.25) is 9.59 Å². The highest BCUT2D eigenvalue weighted by molar-refractivity contribution is 6.35. The Morgan fingerprint density at radius 1 is 1.04 bits per heavy atom. The van der Waals surface area contributed by atoms with Gasteiger partial charge in [-0.1, -0.05) is 47.5 Å². The van der Waals surface area contributed by atoms with Gasteiger partial charge in [0.2, 0.25) is 5.91 Å². The lowest BCUT2D eigenvalue weighted by atomic mass is 10.1. The lowest BCUT2D eigenvalue weighted by molar-refractivity contribution is -0.141. The average molecular weight is 395 g/mol. The van der Waals surface area contributed by atoms with Crippen molar-refractivity contribution in [3.05, 3.63) is 69.7 Å². The van der Waals surface area contributed by atoms with Crippen LogP contribution in [0, 0.1) is 0 Å². The van der Waals surface area contributed by atoms with Crippen LogP contribution in [0.5, 0.6) is 0 Å². The Morgan fingerprint density at radius 2 is 1.73 bits per heavy atom. The van der Waals surface area contributed by atoms with Crippen LogP contribution in [0.3, 0.4) is 0 Å². The third-order valence-electron chi connectivity index (χ3n) is 3.52. The first-order valence-electron chi connectivity index (χ1n) is 7.66. The number of carboxylic acids is 1. The maximum Gasteiger partial charge on any atom is 0.326 e. The summed E-state index contributed by atoms with van der Waals surface area (Å²) in [7, 11) is 0. The maximum absolute atomic E-state index is 12.0. The first kappa shape index (κ1) is 19.8. The fraction of sp³-hybridized carbons (Fsp3) is 0.167. The second kappa shape index (κ2) is 9.22. The number of hydrogen-bond donors (Lipinski definition) is 3. The quantitative estimate of drug-likeness (QED) is 0.672. The van der Waals surface area contributed by atoms with Crippen LogP contribution in [0.2, 0.25) is 10.0 Å². The Kier molecular flexibility index (Phi) is 7.00. The fourth-order valence-corrected chi connectivity index (χ4v) is 2.69. The van der Waals surface area contributed by atoms with Crippen LogP contribution in [-0.4, -0.2) is 35.5 Å². The van der Waals surface area contributed by atoms with Crippen molar-refractivity contribution in [1.29, 1.82) is 0 Å². The number of nitrogens with one attached hydrogen (secondary N) is 2. The fourth-order valence-electron chi connectivity index (χ4n) is 2.20. The van der Waals surface area contributed by atoms with Gasteiger partial charge in [-0.15, -0.1) is 0 Å². The first-order chi connectivity index (χ1) is 12.4. The maximum atomic E-state index is 12.0. The number of amides is 2. The Morgan fingerprint density at radius 3 is 2.35 bits per heavy atom. The predicted molar refractivity (Wildman–Crippen MR) is 98.5 cm³/mol. The van der Waals surface area contributed by atoms with Crippen LogP contribution in [0.25, 0.3) is 0 Å². The number of carboxylic acid groups (broad SMARTS) is 1. The highest BCUT2D eigenvalue weighted by Gasteiger charge is 2.22. The Hall–Kier alpha value is -2.57. The molecule has 8 heteroatoms. The van der Waals surface area contributed by atoms with Gasteiger partial charge in [0, 0.05) is 22.0 Å². The summed E-state index contributed by atoms with van der Waals surface area (Å²) in [5.41, 5.74) is 0.945. The number of carbonyl (C=O) groups is 3. The first-order valence-corrected chi connectivity index (χ1v) is 8.41. The smallest absolute Gasteiger partial charge is 0.326 e. The minimum Gasteiger partial charge on any atom is -0.480 e. The molecule has 0 spiro atoms. The van der Waals surface area contributed by atoms with Crippen LogP contribution in [0.4, 0.5) is 0 Å². The third-order valence-corrected chi connectivity index (χ3v) is 4.10. The molecule has 0 aromatic heterocycles. The van der Waals surface area contributed by atoms with E-state index in [0.29, 0.717) is 21.2 Å². The van der Waals surface area contributed by atoms with E-state index < -0.39 is 23.8 Å². The number of hydrogen-bond acceptors (Lipinski definition) is 3. The summed E-state index contributed by atoms with van der Waals surface area (Å²) in [6.45, 7) is -0.341. The second-order valence-electron chi connectivity index (χ2n) is 5.45. The summed E-state index contributed by atoms with van der Waals surface area (Å²) >= 11 is 11.8. The second-order valence-corrected chi connectivity index (χ2v) is 6.29. The van der Waals surface area contributed by atoms with Crippen LogP contribution < -0.4 is 10.6 Å². The van der Waals surface area contributed by atoms with Gasteiger partial charge in [-0.25, -0.2) is 4.79 Å². The number of benzene rings is 2. The molecule has 0 aliphatic rings. The number of halogens is 2.